The van der Waals surface area contributed by atoms with Gasteiger partial charge in [0, 0.05) is 12.8 Å². The molecule has 0 spiro atoms. The molecule has 0 aromatic carbocycles. The number of carbonyl (C=O) groups excluding carboxylic acids is 2. The molecule has 0 heterocycles. The fourth-order valence-corrected chi connectivity index (χ4v) is 5.20. The smallest absolute Gasteiger partial charge is 0.462 e. The van der Waals surface area contributed by atoms with E-state index in [0.29, 0.717) is 12.8 Å². The number of phosphoric ester groups is 1. The van der Waals surface area contributed by atoms with Crippen LogP contribution in [0.3, 0.4) is 0 Å². The van der Waals surface area contributed by atoms with Gasteiger partial charge in [-0.05, 0) is 70.6 Å². The maximum absolute atomic E-state index is 12.4. The quantitative estimate of drug-likeness (QED) is 0.0138. The number of carbonyl (C=O) groups is 2. The van der Waals surface area contributed by atoms with Crippen molar-refractivity contribution in [2.75, 3.05) is 13.2 Å². The van der Waals surface area contributed by atoms with Crippen LogP contribution in [-0.4, -0.2) is 74.7 Å². The second kappa shape index (κ2) is 36.5. The molecular weight excluding hydrogens is 723 g/mol. The van der Waals surface area contributed by atoms with Gasteiger partial charge >= 0.3 is 19.8 Å². The van der Waals surface area contributed by atoms with Crippen LogP contribution in [0.25, 0.3) is 0 Å². The molecule has 11 nitrogen and oxygen atoms in total. The van der Waals surface area contributed by atoms with Gasteiger partial charge in [0.15, 0.2) is 6.10 Å². The van der Waals surface area contributed by atoms with Gasteiger partial charge < -0.3 is 34.6 Å². The van der Waals surface area contributed by atoms with Crippen LogP contribution in [-0.2, 0) is 28.2 Å². The van der Waals surface area contributed by atoms with Crippen LogP contribution < -0.4 is 0 Å². The minimum absolute atomic E-state index is 0.0778. The van der Waals surface area contributed by atoms with Crippen molar-refractivity contribution < 1.29 is 53.3 Å². The summed E-state index contributed by atoms with van der Waals surface area (Å²) in [5.41, 5.74) is 0. The fourth-order valence-electron chi connectivity index (χ4n) is 4.84. The zero-order valence-corrected chi connectivity index (χ0v) is 34.0. The van der Waals surface area contributed by atoms with Crippen molar-refractivity contribution in [3.8, 4) is 0 Å². The standard InChI is InChI=1S/C43H69O11P/c1-3-5-7-8-9-10-11-12-13-14-15-16-17-18-19-24-28-34-42(47)52-36-39(37-53-55(49,50)51)54-43(48)35-29-33-41(46)40(45)32-27-23-21-20-22-26-31-38(44)30-25-6-4-2/h6,9-10,12-13,15-16,20-23,25-27,31-32,38-41,44-46H,3-5,7-8,11,14,17-19,24,28-30,33-37H2,1-2H3,(H2,49,50,51)/b10-9-,13-12-,16-15-,22-20+,23-21-,25-6-,31-26+,32-27-/t38-,39+,40+,41+/m0/s1. The Hall–Kier alpha value is -3.15. The number of rotatable bonds is 34. The first-order chi connectivity index (χ1) is 26.5. The summed E-state index contributed by atoms with van der Waals surface area (Å²) in [6.07, 6.45) is 39.3. The molecule has 0 bridgehead atoms. The van der Waals surface area contributed by atoms with E-state index in [1.54, 1.807) is 42.5 Å². The van der Waals surface area contributed by atoms with Crippen LogP contribution >= 0.6 is 7.82 Å². The van der Waals surface area contributed by atoms with Gasteiger partial charge in [-0.1, -0.05) is 137 Å². The first-order valence-electron chi connectivity index (χ1n) is 19.9. The van der Waals surface area contributed by atoms with E-state index in [-0.39, 0.29) is 25.7 Å². The van der Waals surface area contributed by atoms with E-state index in [9.17, 15) is 29.5 Å². The summed E-state index contributed by atoms with van der Waals surface area (Å²) in [6.45, 7) is 3.14. The second-order valence-electron chi connectivity index (χ2n) is 13.1. The molecule has 0 amide bonds. The van der Waals surface area contributed by atoms with Gasteiger partial charge in [-0.3, -0.25) is 14.1 Å². The van der Waals surface area contributed by atoms with Gasteiger partial charge in [0.25, 0.3) is 0 Å². The third kappa shape index (κ3) is 37.5. The molecule has 0 aromatic rings. The van der Waals surface area contributed by atoms with Crippen molar-refractivity contribution in [3.05, 3.63) is 97.2 Å². The number of aliphatic hydroxyl groups is 3. The molecule has 5 N–H and O–H groups in total. The predicted molar refractivity (Wildman–Crippen MR) is 220 cm³/mol. The highest BCUT2D eigenvalue weighted by Gasteiger charge is 2.23. The van der Waals surface area contributed by atoms with Gasteiger partial charge in [-0.25, -0.2) is 4.57 Å². The van der Waals surface area contributed by atoms with E-state index in [0.717, 1.165) is 51.4 Å². The predicted octanol–water partition coefficient (Wildman–Crippen LogP) is 8.75. The molecule has 4 atom stereocenters. The number of esters is 2. The van der Waals surface area contributed by atoms with Gasteiger partial charge in [-0.2, -0.15) is 0 Å². The topological polar surface area (TPSA) is 180 Å². The minimum atomic E-state index is -4.86. The number of aliphatic hydroxyl groups excluding tert-OH is 3. The summed E-state index contributed by atoms with van der Waals surface area (Å²) in [6, 6.07) is 0. The van der Waals surface area contributed by atoms with E-state index < -0.39 is 57.4 Å². The highest BCUT2D eigenvalue weighted by Crippen LogP contribution is 2.36. The largest absolute Gasteiger partial charge is 0.469 e. The lowest BCUT2D eigenvalue weighted by Crippen LogP contribution is -2.29. The molecule has 0 radical (unpaired) electrons. The third-order valence-corrected chi connectivity index (χ3v) is 8.41. The molecule has 0 fully saturated rings. The number of hydrogen-bond acceptors (Lipinski definition) is 9. The van der Waals surface area contributed by atoms with Gasteiger partial charge in [0.05, 0.1) is 24.9 Å². The van der Waals surface area contributed by atoms with Gasteiger partial charge in [-0.15, -0.1) is 0 Å². The average molecular weight is 793 g/mol. The third-order valence-electron chi connectivity index (χ3n) is 7.93. The molecule has 0 saturated carbocycles. The van der Waals surface area contributed by atoms with Crippen molar-refractivity contribution >= 4 is 19.8 Å². The number of phosphoric acid groups is 1. The molecule has 0 unspecified atom stereocenters. The summed E-state index contributed by atoms with van der Waals surface area (Å²) in [5, 5.41) is 30.2. The van der Waals surface area contributed by atoms with Gasteiger partial charge in [0.1, 0.15) is 6.61 Å². The Labute approximate surface area is 330 Å². The van der Waals surface area contributed by atoms with Crippen LogP contribution in [0.1, 0.15) is 123 Å². The zero-order chi connectivity index (χ0) is 40.8. The van der Waals surface area contributed by atoms with E-state index in [1.807, 2.05) is 19.1 Å². The van der Waals surface area contributed by atoms with Crippen molar-refractivity contribution in [1.29, 1.82) is 0 Å². The minimum Gasteiger partial charge on any atom is -0.462 e. The van der Waals surface area contributed by atoms with Gasteiger partial charge in [0.2, 0.25) is 0 Å². The Morgan fingerprint density at radius 2 is 1.22 bits per heavy atom. The molecule has 55 heavy (non-hydrogen) atoms. The highest BCUT2D eigenvalue weighted by molar-refractivity contribution is 7.46. The molecule has 312 valence electrons. The number of unbranched alkanes of at least 4 members (excludes halogenated alkanes) is 7. The average Bonchev–Trinajstić information content (AvgIpc) is 3.14. The Morgan fingerprint density at radius 1 is 0.636 bits per heavy atom. The SMILES string of the molecule is CC/C=C\C[C@H](O)/C=C/C=C/C=C\C=C/[C@@H](O)[C@H](O)CCCC(=O)O[C@H](COC(=O)CCCCCC/C=C\C/C=C\C/C=C\CCCCC)COP(=O)(O)O. The summed E-state index contributed by atoms with van der Waals surface area (Å²) >= 11 is 0. The van der Waals surface area contributed by atoms with Crippen LogP contribution in [0, 0.1) is 0 Å². The molecular formula is C43H69O11P. The van der Waals surface area contributed by atoms with Crippen LogP contribution in [0.2, 0.25) is 0 Å². The lowest BCUT2D eigenvalue weighted by molar-refractivity contribution is -0.161. The van der Waals surface area contributed by atoms with Crippen molar-refractivity contribution in [2.45, 2.75) is 147 Å². The Bertz CT molecular complexity index is 1260. The van der Waals surface area contributed by atoms with Crippen LogP contribution in [0.15, 0.2) is 97.2 Å². The maximum Gasteiger partial charge on any atom is 0.469 e. The summed E-state index contributed by atoms with van der Waals surface area (Å²) in [5.74, 6) is -1.25. The molecule has 0 saturated heterocycles. The van der Waals surface area contributed by atoms with Crippen LogP contribution in [0.4, 0.5) is 0 Å². The Kier molecular flexibility index (Phi) is 34.4. The maximum atomic E-state index is 12.4. The fraction of sp³-hybridized carbons (Fsp3) is 0.581. The second-order valence-corrected chi connectivity index (χ2v) is 14.3. The molecule has 0 rings (SSSR count). The van der Waals surface area contributed by atoms with E-state index in [1.165, 1.54) is 25.3 Å². The van der Waals surface area contributed by atoms with Crippen molar-refractivity contribution in [2.24, 2.45) is 0 Å². The molecule has 12 heteroatoms. The first-order valence-corrected chi connectivity index (χ1v) is 21.4. The van der Waals surface area contributed by atoms with Crippen LogP contribution in [0.5, 0.6) is 0 Å². The van der Waals surface area contributed by atoms with E-state index in [2.05, 4.69) is 47.9 Å². The summed E-state index contributed by atoms with van der Waals surface area (Å²) in [4.78, 5) is 42.8. The van der Waals surface area contributed by atoms with E-state index in [4.69, 9.17) is 19.3 Å². The summed E-state index contributed by atoms with van der Waals surface area (Å²) < 4.78 is 26.1. The zero-order valence-electron chi connectivity index (χ0n) is 33.1. The molecule has 0 aliphatic heterocycles. The Morgan fingerprint density at radius 3 is 1.85 bits per heavy atom. The normalized spacial score (nSPS) is 15.3. The number of allylic oxidation sites excluding steroid dienone is 13. The molecule has 0 aliphatic carbocycles. The number of ether oxygens (including phenoxy) is 2. The van der Waals surface area contributed by atoms with Crippen molar-refractivity contribution in [3.63, 3.8) is 0 Å². The lowest BCUT2D eigenvalue weighted by Gasteiger charge is -2.19. The summed E-state index contributed by atoms with van der Waals surface area (Å²) in [7, 11) is -4.86. The molecule has 0 aliphatic rings. The first kappa shape index (κ1) is 51.9. The van der Waals surface area contributed by atoms with E-state index >= 15 is 0 Å². The monoisotopic (exact) mass is 792 g/mol. The number of hydrogen-bond donors (Lipinski definition) is 5. The Balaban J connectivity index is 4.36. The van der Waals surface area contributed by atoms with Crippen molar-refractivity contribution in [1.82, 2.24) is 0 Å². The lowest BCUT2D eigenvalue weighted by atomic mass is 10.1. The molecule has 0 aromatic heterocycles. The highest BCUT2D eigenvalue weighted by atomic mass is 31.2.